The van der Waals surface area contributed by atoms with Crippen molar-refractivity contribution in [3.05, 3.63) is 12.7 Å². The molecular weight excluding hydrogens is 146 g/mol. The molecule has 0 aromatic rings. The fourth-order valence-electron chi connectivity index (χ4n) is 1.98. The SMILES string of the molecule is C=CCC(CN)(CCC)CCC. The molecule has 0 saturated heterocycles. The monoisotopic (exact) mass is 169 g/mol. The van der Waals surface area contributed by atoms with Gasteiger partial charge in [-0.3, -0.25) is 0 Å². The second-order valence-corrected chi connectivity index (χ2v) is 3.70. The lowest BCUT2D eigenvalue weighted by molar-refractivity contribution is 0.248. The molecule has 0 spiro atoms. The first kappa shape index (κ1) is 11.7. The summed E-state index contributed by atoms with van der Waals surface area (Å²) in [5.74, 6) is 0. The number of allylic oxidation sites excluding steroid dienone is 1. The maximum absolute atomic E-state index is 5.82. The van der Waals surface area contributed by atoms with Gasteiger partial charge in [0.2, 0.25) is 0 Å². The van der Waals surface area contributed by atoms with E-state index in [0.29, 0.717) is 5.41 Å². The van der Waals surface area contributed by atoms with Gasteiger partial charge in [-0.1, -0.05) is 32.8 Å². The molecule has 0 aliphatic carbocycles. The average molecular weight is 169 g/mol. The van der Waals surface area contributed by atoms with Crippen LogP contribution in [0, 0.1) is 5.41 Å². The molecule has 0 bridgehead atoms. The zero-order valence-corrected chi connectivity index (χ0v) is 8.60. The predicted octanol–water partition coefficient (Wildman–Crippen LogP) is 3.11. The van der Waals surface area contributed by atoms with Crippen LogP contribution in [0.1, 0.15) is 46.0 Å². The van der Waals surface area contributed by atoms with Crippen molar-refractivity contribution in [2.24, 2.45) is 11.1 Å². The molecule has 0 aliphatic rings. The van der Waals surface area contributed by atoms with Crippen molar-refractivity contribution in [3.8, 4) is 0 Å². The molecule has 1 heteroatoms. The van der Waals surface area contributed by atoms with Crippen LogP contribution in [0.4, 0.5) is 0 Å². The molecule has 0 radical (unpaired) electrons. The molecule has 1 nitrogen and oxygen atoms in total. The van der Waals surface area contributed by atoms with E-state index in [9.17, 15) is 0 Å². The third kappa shape index (κ3) is 3.40. The molecule has 0 heterocycles. The van der Waals surface area contributed by atoms with Crippen LogP contribution in [0.15, 0.2) is 12.7 Å². The Labute approximate surface area is 77.0 Å². The molecule has 72 valence electrons. The largest absolute Gasteiger partial charge is 0.330 e. The Morgan fingerprint density at radius 3 is 2.00 bits per heavy atom. The van der Waals surface area contributed by atoms with Gasteiger partial charge in [0.05, 0.1) is 0 Å². The smallest absolute Gasteiger partial charge is 0.00176 e. The second kappa shape index (κ2) is 6.24. The molecule has 0 saturated carbocycles. The molecule has 2 N–H and O–H groups in total. The Hall–Kier alpha value is -0.300. The number of nitrogens with two attached hydrogens (primary N) is 1. The summed E-state index contributed by atoms with van der Waals surface area (Å²) < 4.78 is 0. The van der Waals surface area contributed by atoms with Crippen LogP contribution in [0.25, 0.3) is 0 Å². The summed E-state index contributed by atoms with van der Waals surface area (Å²) in [4.78, 5) is 0. The molecule has 0 aromatic carbocycles. The van der Waals surface area contributed by atoms with Crippen LogP contribution in [-0.2, 0) is 0 Å². The summed E-state index contributed by atoms with van der Waals surface area (Å²) in [6.45, 7) is 9.06. The molecule has 0 unspecified atom stereocenters. The Morgan fingerprint density at radius 2 is 1.75 bits per heavy atom. The van der Waals surface area contributed by atoms with E-state index in [-0.39, 0.29) is 0 Å². The van der Waals surface area contributed by atoms with Gasteiger partial charge in [-0.2, -0.15) is 0 Å². The zero-order chi connectivity index (χ0) is 9.45. The van der Waals surface area contributed by atoms with Crippen molar-refractivity contribution in [2.75, 3.05) is 6.54 Å². The molecule has 12 heavy (non-hydrogen) atoms. The van der Waals surface area contributed by atoms with Gasteiger partial charge in [0, 0.05) is 0 Å². The van der Waals surface area contributed by atoms with Crippen molar-refractivity contribution >= 4 is 0 Å². The van der Waals surface area contributed by atoms with E-state index >= 15 is 0 Å². The van der Waals surface area contributed by atoms with Crippen LogP contribution in [0.5, 0.6) is 0 Å². The first-order valence-electron chi connectivity index (χ1n) is 5.05. The van der Waals surface area contributed by atoms with Crippen molar-refractivity contribution in [1.82, 2.24) is 0 Å². The van der Waals surface area contributed by atoms with Crippen molar-refractivity contribution in [1.29, 1.82) is 0 Å². The standard InChI is InChI=1S/C11H23N/c1-4-7-11(10-12,8-5-2)9-6-3/h4H,1,5-10,12H2,2-3H3. The summed E-state index contributed by atoms with van der Waals surface area (Å²) in [5, 5.41) is 0. The zero-order valence-electron chi connectivity index (χ0n) is 8.60. The minimum absolute atomic E-state index is 0.352. The van der Waals surface area contributed by atoms with Crippen LogP contribution in [0.3, 0.4) is 0 Å². The Bertz CT molecular complexity index is 112. The maximum Gasteiger partial charge on any atom is -0.00176 e. The average Bonchev–Trinajstić information content (AvgIpc) is 2.06. The molecule has 0 rings (SSSR count). The Kier molecular flexibility index (Phi) is 6.09. The Balaban J connectivity index is 4.15. The third-order valence-corrected chi connectivity index (χ3v) is 2.57. The van der Waals surface area contributed by atoms with E-state index in [1.807, 2.05) is 6.08 Å². The van der Waals surface area contributed by atoms with E-state index in [1.165, 1.54) is 25.7 Å². The van der Waals surface area contributed by atoms with Crippen LogP contribution < -0.4 is 5.73 Å². The minimum atomic E-state index is 0.352. The lowest BCUT2D eigenvalue weighted by Gasteiger charge is -2.30. The van der Waals surface area contributed by atoms with Gasteiger partial charge >= 0.3 is 0 Å². The maximum atomic E-state index is 5.82. The molecule has 0 aromatic heterocycles. The fraction of sp³-hybridized carbons (Fsp3) is 0.818. The van der Waals surface area contributed by atoms with Gasteiger partial charge in [-0.25, -0.2) is 0 Å². The van der Waals surface area contributed by atoms with Gasteiger partial charge < -0.3 is 5.73 Å². The summed E-state index contributed by atoms with van der Waals surface area (Å²) in [5.41, 5.74) is 6.17. The number of hydrogen-bond donors (Lipinski definition) is 1. The summed E-state index contributed by atoms with van der Waals surface area (Å²) in [6, 6.07) is 0. The van der Waals surface area contributed by atoms with Crippen LogP contribution in [0.2, 0.25) is 0 Å². The van der Waals surface area contributed by atoms with E-state index in [1.54, 1.807) is 0 Å². The highest BCUT2D eigenvalue weighted by molar-refractivity contribution is 4.86. The van der Waals surface area contributed by atoms with Gasteiger partial charge in [0.1, 0.15) is 0 Å². The Morgan fingerprint density at radius 1 is 1.25 bits per heavy atom. The fourth-order valence-corrected chi connectivity index (χ4v) is 1.98. The molecule has 0 fully saturated rings. The normalized spacial score (nSPS) is 11.6. The highest BCUT2D eigenvalue weighted by Gasteiger charge is 2.24. The quantitative estimate of drug-likeness (QED) is 0.582. The minimum Gasteiger partial charge on any atom is -0.330 e. The van der Waals surface area contributed by atoms with Gasteiger partial charge in [0.25, 0.3) is 0 Å². The third-order valence-electron chi connectivity index (χ3n) is 2.57. The summed E-state index contributed by atoms with van der Waals surface area (Å²) in [7, 11) is 0. The molecular formula is C11H23N. The molecule has 0 amide bonds. The van der Waals surface area contributed by atoms with Crippen molar-refractivity contribution in [2.45, 2.75) is 46.0 Å². The van der Waals surface area contributed by atoms with Crippen LogP contribution >= 0.6 is 0 Å². The first-order valence-corrected chi connectivity index (χ1v) is 5.05. The summed E-state index contributed by atoms with van der Waals surface area (Å²) in [6.07, 6.45) is 8.02. The van der Waals surface area contributed by atoms with E-state index in [4.69, 9.17) is 5.73 Å². The lowest BCUT2D eigenvalue weighted by Crippen LogP contribution is -2.29. The van der Waals surface area contributed by atoms with E-state index < -0.39 is 0 Å². The highest BCUT2D eigenvalue weighted by Crippen LogP contribution is 2.32. The topological polar surface area (TPSA) is 26.0 Å². The van der Waals surface area contributed by atoms with Gasteiger partial charge in [-0.05, 0) is 31.2 Å². The second-order valence-electron chi connectivity index (χ2n) is 3.70. The van der Waals surface area contributed by atoms with E-state index in [2.05, 4.69) is 20.4 Å². The number of hydrogen-bond acceptors (Lipinski definition) is 1. The van der Waals surface area contributed by atoms with Gasteiger partial charge in [-0.15, -0.1) is 6.58 Å². The predicted molar refractivity (Wildman–Crippen MR) is 56.1 cm³/mol. The lowest BCUT2D eigenvalue weighted by atomic mass is 9.76. The first-order chi connectivity index (χ1) is 5.74. The van der Waals surface area contributed by atoms with Crippen molar-refractivity contribution in [3.63, 3.8) is 0 Å². The molecule has 0 aliphatic heterocycles. The summed E-state index contributed by atoms with van der Waals surface area (Å²) >= 11 is 0. The van der Waals surface area contributed by atoms with Gasteiger partial charge in [0.15, 0.2) is 0 Å². The highest BCUT2D eigenvalue weighted by atomic mass is 14.6. The van der Waals surface area contributed by atoms with Crippen LogP contribution in [-0.4, -0.2) is 6.54 Å². The number of rotatable bonds is 7. The van der Waals surface area contributed by atoms with Crippen molar-refractivity contribution < 1.29 is 0 Å². The van der Waals surface area contributed by atoms with E-state index in [0.717, 1.165) is 13.0 Å². The molecule has 0 atom stereocenters.